The fourth-order valence-electron chi connectivity index (χ4n) is 2.98. The van der Waals surface area contributed by atoms with E-state index in [4.69, 9.17) is 0 Å². The Hall–Kier alpha value is -0.907. The van der Waals surface area contributed by atoms with E-state index >= 15 is 0 Å². The number of rotatable bonds is 5. The van der Waals surface area contributed by atoms with Crippen molar-refractivity contribution in [3.8, 4) is 0 Å². The van der Waals surface area contributed by atoms with Crippen LogP contribution in [-0.4, -0.2) is 0 Å². The Labute approximate surface area is 141 Å². The van der Waals surface area contributed by atoms with Gasteiger partial charge in [0.2, 0.25) is 0 Å². The second-order valence-electron chi connectivity index (χ2n) is 5.19. The molecule has 3 rings (SSSR count). The molecule has 1 aromatic rings. The zero-order chi connectivity index (χ0) is 13.8. The van der Waals surface area contributed by atoms with Crippen molar-refractivity contribution in [2.75, 3.05) is 0 Å². The van der Waals surface area contributed by atoms with Gasteiger partial charge in [-0.3, -0.25) is 0 Å². The Morgan fingerprint density at radius 3 is 1.95 bits per heavy atom. The summed E-state index contributed by atoms with van der Waals surface area (Å²) in [6, 6.07) is 10.9. The molecule has 0 bridgehead atoms. The van der Waals surface area contributed by atoms with Gasteiger partial charge in [-0.2, -0.15) is 0 Å². The summed E-state index contributed by atoms with van der Waals surface area (Å²) in [7, 11) is 0. The zero-order valence-electron chi connectivity index (χ0n) is 12.0. The second kappa shape index (κ2) is 7.92. The first-order chi connectivity index (χ1) is 9.90. The third-order valence-electron chi connectivity index (χ3n) is 3.94. The number of allylic oxidation sites excluding steroid dienone is 9. The Morgan fingerprint density at radius 1 is 0.952 bits per heavy atom. The van der Waals surface area contributed by atoms with Crippen molar-refractivity contribution in [1.29, 1.82) is 0 Å². The third kappa shape index (κ3) is 3.65. The maximum atomic E-state index is 4.16. The normalized spacial score (nSPS) is 17.0. The minimum absolute atomic E-state index is 0. The molecule has 0 aliphatic heterocycles. The summed E-state index contributed by atoms with van der Waals surface area (Å²) in [4.78, 5) is 0. The minimum atomic E-state index is -1.89. The molecular weight excluding hydrogens is 355 g/mol. The van der Waals surface area contributed by atoms with Gasteiger partial charge in [-0.15, -0.1) is 0 Å². The fourth-order valence-corrected chi connectivity index (χ4v) is 10.8. The van der Waals surface area contributed by atoms with Crippen LogP contribution in [0.2, 0.25) is 0 Å². The number of hydrogen-bond acceptors (Lipinski definition) is 0. The summed E-state index contributed by atoms with van der Waals surface area (Å²) >= 11 is -1.89. The van der Waals surface area contributed by atoms with Gasteiger partial charge in [0.05, 0.1) is 0 Å². The summed E-state index contributed by atoms with van der Waals surface area (Å²) in [6.45, 7) is 4.16. The van der Waals surface area contributed by atoms with Gasteiger partial charge in [0.1, 0.15) is 0 Å². The molecule has 1 atom stereocenters. The maximum Gasteiger partial charge on any atom is -1.00 e. The van der Waals surface area contributed by atoms with Crippen molar-refractivity contribution in [3.63, 3.8) is 0 Å². The number of benzene rings is 1. The van der Waals surface area contributed by atoms with E-state index in [-0.39, 0.29) is 12.4 Å². The Kier molecular flexibility index (Phi) is 6.21. The molecule has 0 fully saturated rings. The van der Waals surface area contributed by atoms with Gasteiger partial charge in [-0.05, 0) is 0 Å². The topological polar surface area (TPSA) is 0 Å². The quantitative estimate of drug-likeness (QED) is 0.694. The molecule has 2 aliphatic rings. The smallest absolute Gasteiger partial charge is 1.00 e. The molecule has 2 aliphatic carbocycles. The summed E-state index contributed by atoms with van der Waals surface area (Å²) in [5.74, 6) is 0. The van der Waals surface area contributed by atoms with E-state index in [0.29, 0.717) is 3.63 Å². The fraction of sp³-hybridized carbons (Fsp3) is 0.158. The van der Waals surface area contributed by atoms with Gasteiger partial charge >= 0.3 is 130 Å². The summed E-state index contributed by atoms with van der Waals surface area (Å²) in [6.07, 6.45) is 18.3. The van der Waals surface area contributed by atoms with E-state index in [9.17, 15) is 0 Å². The first-order valence-corrected chi connectivity index (χ1v) is 11.0. The average Bonchev–Trinajstić information content (AvgIpc) is 3.19. The molecule has 106 valence electrons. The predicted molar refractivity (Wildman–Crippen MR) is 83.1 cm³/mol. The van der Waals surface area contributed by atoms with Gasteiger partial charge in [0.25, 0.3) is 0 Å². The van der Waals surface area contributed by atoms with Crippen molar-refractivity contribution >= 4 is 0 Å². The molecule has 0 heterocycles. The van der Waals surface area contributed by atoms with Crippen molar-refractivity contribution in [3.05, 3.63) is 91.6 Å². The first-order valence-electron chi connectivity index (χ1n) is 7.16. The molecule has 0 nitrogen and oxygen atoms in total. The molecule has 0 spiro atoms. The molecule has 2 heteroatoms. The summed E-state index contributed by atoms with van der Waals surface area (Å²) < 4.78 is 3.96. The molecule has 0 saturated carbocycles. The van der Waals surface area contributed by atoms with E-state index in [1.165, 1.54) is 5.56 Å². The minimum Gasteiger partial charge on any atom is -1.00 e. The molecule has 1 aromatic carbocycles. The van der Waals surface area contributed by atoms with Crippen molar-refractivity contribution in [1.82, 2.24) is 0 Å². The van der Waals surface area contributed by atoms with Crippen LogP contribution in [0, 0.1) is 0 Å². The maximum absolute atomic E-state index is 4.16. The largest absolute Gasteiger partial charge is 1.00 e. The Bertz CT molecular complexity index is 578. The molecule has 0 aromatic heterocycles. The predicted octanol–water partition coefficient (Wildman–Crippen LogP) is 2.22. The SMILES string of the molecule is C=C[CH](c1ccccc1)[Zr+]([C]1=CC=CC1)[C]1=CC=CC1.[Cl-]. The summed E-state index contributed by atoms with van der Waals surface area (Å²) in [5.41, 5.74) is 1.44. The molecule has 0 N–H and O–H groups in total. The molecule has 21 heavy (non-hydrogen) atoms. The van der Waals surface area contributed by atoms with Crippen LogP contribution in [0.4, 0.5) is 0 Å². The van der Waals surface area contributed by atoms with Crippen LogP contribution in [0.25, 0.3) is 0 Å². The Balaban J connectivity index is 0.00000161. The van der Waals surface area contributed by atoms with Crippen LogP contribution in [0.3, 0.4) is 0 Å². The monoisotopic (exact) mass is 372 g/mol. The van der Waals surface area contributed by atoms with Crippen molar-refractivity contribution in [2.45, 2.75) is 16.5 Å². The molecule has 0 radical (unpaired) electrons. The van der Waals surface area contributed by atoms with Crippen LogP contribution in [0.15, 0.2) is 86.0 Å². The van der Waals surface area contributed by atoms with E-state index in [0.717, 1.165) is 12.8 Å². The van der Waals surface area contributed by atoms with Crippen LogP contribution in [0.5, 0.6) is 0 Å². The summed E-state index contributed by atoms with van der Waals surface area (Å²) in [5, 5.41) is 0. The van der Waals surface area contributed by atoms with Gasteiger partial charge in [-0.1, -0.05) is 0 Å². The zero-order valence-corrected chi connectivity index (χ0v) is 15.2. The van der Waals surface area contributed by atoms with Crippen LogP contribution in [0.1, 0.15) is 22.0 Å². The van der Waals surface area contributed by atoms with Gasteiger partial charge in [0, 0.05) is 0 Å². The van der Waals surface area contributed by atoms with Gasteiger partial charge in [-0.25, -0.2) is 0 Å². The average molecular weight is 374 g/mol. The standard InChI is InChI=1S/C9H9.2C5H5.ClH.Zr/c1-2-6-9-7-4-3-5-8-9;2*1-2-4-5-3-1;;/h2-8H,1H2;2*1-3H,4H2;1H;/q;;;;+1/p-1. The molecular formula is C19H19ClZr. The van der Waals surface area contributed by atoms with Crippen molar-refractivity contribution in [2.24, 2.45) is 0 Å². The van der Waals surface area contributed by atoms with E-state index < -0.39 is 21.8 Å². The van der Waals surface area contributed by atoms with E-state index in [2.05, 4.69) is 79.4 Å². The number of hydrogen-bond donors (Lipinski definition) is 0. The second-order valence-corrected chi connectivity index (χ2v) is 11.9. The van der Waals surface area contributed by atoms with E-state index in [1.807, 2.05) is 0 Å². The molecule has 0 amide bonds. The third-order valence-corrected chi connectivity index (χ3v) is 12.1. The van der Waals surface area contributed by atoms with Crippen molar-refractivity contribution < 1.29 is 34.2 Å². The van der Waals surface area contributed by atoms with Crippen LogP contribution >= 0.6 is 0 Å². The van der Waals surface area contributed by atoms with Gasteiger partial charge in [0.15, 0.2) is 0 Å². The van der Waals surface area contributed by atoms with Crippen LogP contribution in [-0.2, 0) is 21.8 Å². The Morgan fingerprint density at radius 2 is 1.52 bits per heavy atom. The number of halogens is 1. The molecule has 0 saturated heterocycles. The van der Waals surface area contributed by atoms with Crippen LogP contribution < -0.4 is 12.4 Å². The van der Waals surface area contributed by atoms with Gasteiger partial charge < -0.3 is 12.4 Å². The van der Waals surface area contributed by atoms with E-state index in [1.54, 1.807) is 6.56 Å². The first kappa shape index (κ1) is 16.5. The molecule has 1 unspecified atom stereocenters.